The van der Waals surface area contributed by atoms with E-state index in [-0.39, 0.29) is 107 Å². The van der Waals surface area contributed by atoms with Crippen LogP contribution in [0.5, 0.6) is 11.5 Å². The van der Waals surface area contributed by atoms with Gasteiger partial charge in [0.1, 0.15) is 30.8 Å². The van der Waals surface area contributed by atoms with Crippen molar-refractivity contribution < 1.29 is 33.4 Å². The maximum atomic E-state index is 14.7. The highest BCUT2D eigenvalue weighted by Crippen LogP contribution is 2.47. The molecular weight excluding hydrogens is 857 g/mol. The van der Waals surface area contributed by atoms with Gasteiger partial charge in [0, 0.05) is 80.5 Å². The monoisotopic (exact) mass is 918 g/mol. The Bertz CT molecular complexity index is 2450. The molecule has 4 aromatic rings. The number of ketones is 3. The standard InChI is InChI=1S/C50H60N8O7.H2S/c1-30-24-43(61)46(58(4)49(63)35(15-19-52)28-42(60)39-29-55-47(56-31(39)2)33-8-11-36(12-9-33)50(3)16-17-50)34-10-14-45(65-23-21-54)38(27-34)37-25-32(7-13-44(37)64-22-20-53)26-40(57-48(30)62)41(59)6-5-18-51;/h7-14,25,27,29-30,35,40,46H,5-6,15-17,19-24,26,28,52-54H2,1-4H3,(H,57,62);1H2/t30-,35-,40+,46+;/m1./s1. The molecule has 1 aromatic heterocycles. The summed E-state index contributed by atoms with van der Waals surface area (Å²) in [6.07, 6.45) is 3.44. The molecule has 0 radical (unpaired) electrons. The van der Waals surface area contributed by atoms with Gasteiger partial charge in [-0.05, 0) is 85.5 Å². The molecule has 1 saturated carbocycles. The van der Waals surface area contributed by atoms with Crippen LogP contribution in [0.4, 0.5) is 0 Å². The van der Waals surface area contributed by atoms with Crippen LogP contribution in [0.3, 0.4) is 0 Å². The van der Waals surface area contributed by atoms with Gasteiger partial charge in [0.2, 0.25) is 11.8 Å². The summed E-state index contributed by atoms with van der Waals surface area (Å²) in [6.45, 7) is 6.43. The number of aryl methyl sites for hydroxylation is 1. The number of hydrogen-bond donors (Lipinski definition) is 4. The van der Waals surface area contributed by atoms with Gasteiger partial charge in [-0.25, -0.2) is 9.97 Å². The summed E-state index contributed by atoms with van der Waals surface area (Å²) < 4.78 is 12.2. The van der Waals surface area contributed by atoms with Crippen LogP contribution in [0, 0.1) is 30.1 Å². The van der Waals surface area contributed by atoms with Gasteiger partial charge in [-0.1, -0.05) is 50.2 Å². The summed E-state index contributed by atoms with van der Waals surface area (Å²) in [7, 11) is 1.50. The molecule has 66 heavy (non-hydrogen) atoms. The average molecular weight is 919 g/mol. The molecule has 2 amide bonds. The molecule has 2 aliphatic rings. The third-order valence-electron chi connectivity index (χ3n) is 12.4. The lowest BCUT2D eigenvalue weighted by Crippen LogP contribution is -2.46. The van der Waals surface area contributed by atoms with Gasteiger partial charge < -0.3 is 36.9 Å². The van der Waals surface area contributed by atoms with Crippen LogP contribution in [-0.2, 0) is 31.0 Å². The van der Waals surface area contributed by atoms with Crippen molar-refractivity contribution in [2.45, 2.75) is 89.6 Å². The molecular formula is C50H62N8O7S. The van der Waals surface area contributed by atoms with Gasteiger partial charge in [0.25, 0.3) is 0 Å². The minimum Gasteiger partial charge on any atom is -0.492 e. The molecule has 16 heteroatoms. The number of fused-ring (bicyclic) bond motifs is 5. The lowest BCUT2D eigenvalue weighted by molar-refractivity contribution is -0.142. The minimum absolute atomic E-state index is 0. The van der Waals surface area contributed by atoms with Crippen molar-refractivity contribution in [3.8, 4) is 40.1 Å². The Kier molecular flexibility index (Phi) is 17.7. The van der Waals surface area contributed by atoms with Crippen molar-refractivity contribution in [2.75, 3.05) is 39.9 Å². The molecule has 15 nitrogen and oxygen atoms in total. The number of nitrogens with zero attached hydrogens (tertiary/aromatic N) is 4. The molecule has 2 heterocycles. The zero-order valence-electron chi connectivity index (χ0n) is 38.2. The molecule has 1 fully saturated rings. The molecule has 0 saturated heterocycles. The quantitative estimate of drug-likeness (QED) is 0.0939. The number of ether oxygens (including phenoxy) is 2. The van der Waals surface area contributed by atoms with E-state index in [1.54, 1.807) is 44.2 Å². The van der Waals surface area contributed by atoms with Crippen LogP contribution >= 0.6 is 13.5 Å². The molecule has 1 aliphatic heterocycles. The third kappa shape index (κ3) is 12.1. The summed E-state index contributed by atoms with van der Waals surface area (Å²) in [5.41, 5.74) is 23.0. The second-order valence-corrected chi connectivity index (χ2v) is 17.4. The van der Waals surface area contributed by atoms with Crippen LogP contribution in [0.25, 0.3) is 22.5 Å². The molecule has 0 spiro atoms. The molecule has 4 bridgehead atoms. The first-order valence-electron chi connectivity index (χ1n) is 22.3. The smallest absolute Gasteiger partial charge is 0.226 e. The summed E-state index contributed by atoms with van der Waals surface area (Å²) in [4.78, 5) is 81.3. The Morgan fingerprint density at radius 3 is 2.20 bits per heavy atom. The number of carbonyl (C=O) groups excluding carboxylic acids is 5. The minimum atomic E-state index is -1.23. The zero-order valence-corrected chi connectivity index (χ0v) is 39.2. The lowest BCUT2D eigenvalue weighted by atomic mass is 9.88. The van der Waals surface area contributed by atoms with E-state index in [0.29, 0.717) is 45.3 Å². The van der Waals surface area contributed by atoms with Crippen LogP contribution < -0.4 is 32.0 Å². The maximum absolute atomic E-state index is 14.7. The summed E-state index contributed by atoms with van der Waals surface area (Å²) in [6, 6.07) is 18.4. The number of benzene rings is 3. The SMILES string of the molecule is Cc1nc(-c2ccc(C3(C)CC3)cc2)ncc1C(=O)C[C@@H](CCN)C(=O)N(C)[C@@H]1C(=O)C[C@@H](C)C(=O)N[C@H](C(=O)CCC#N)Cc2ccc(OCCN)c(c2)-c2cc1ccc2OCCN.S. The number of amides is 2. The highest BCUT2D eigenvalue weighted by atomic mass is 32.1. The van der Waals surface area contributed by atoms with E-state index in [4.69, 9.17) is 26.7 Å². The van der Waals surface area contributed by atoms with Crippen LogP contribution in [0.1, 0.15) is 97.6 Å². The van der Waals surface area contributed by atoms with Crippen molar-refractivity contribution in [1.82, 2.24) is 20.2 Å². The summed E-state index contributed by atoms with van der Waals surface area (Å²) in [5, 5.41) is 12.1. The summed E-state index contributed by atoms with van der Waals surface area (Å²) in [5.74, 6) is -2.66. The fourth-order valence-electron chi connectivity index (χ4n) is 8.35. The van der Waals surface area contributed by atoms with Crippen LogP contribution in [0.15, 0.2) is 66.9 Å². The highest BCUT2D eigenvalue weighted by Gasteiger charge is 2.39. The number of likely N-dealkylation sites (N-methyl/N-ethyl adjacent to an activating group) is 1. The number of rotatable bonds is 18. The Labute approximate surface area is 393 Å². The molecule has 3 aromatic carbocycles. The van der Waals surface area contributed by atoms with Gasteiger partial charge in [0.15, 0.2) is 23.2 Å². The number of carbonyl (C=O) groups is 5. The maximum Gasteiger partial charge on any atom is 0.226 e. The summed E-state index contributed by atoms with van der Waals surface area (Å²) >= 11 is 0. The average Bonchev–Trinajstić information content (AvgIpc) is 4.06. The first-order valence-corrected chi connectivity index (χ1v) is 22.3. The second kappa shape index (κ2) is 23.0. The van der Waals surface area contributed by atoms with E-state index in [0.717, 1.165) is 18.4 Å². The number of nitrogens with two attached hydrogens (primary N) is 3. The van der Waals surface area contributed by atoms with Crippen LogP contribution in [-0.4, -0.2) is 90.0 Å². The molecule has 350 valence electrons. The largest absolute Gasteiger partial charge is 0.492 e. The van der Waals surface area contributed by atoms with E-state index in [2.05, 4.69) is 34.3 Å². The van der Waals surface area contributed by atoms with Crippen molar-refractivity contribution in [3.05, 3.63) is 94.8 Å². The number of aromatic nitrogens is 2. The van der Waals surface area contributed by atoms with Gasteiger partial charge in [-0.2, -0.15) is 18.8 Å². The number of hydrogen-bond acceptors (Lipinski definition) is 13. The number of Topliss-reactive ketones (excluding diaryl/α,β-unsaturated/α-hetero) is 3. The van der Waals surface area contributed by atoms with Crippen LogP contribution in [0.2, 0.25) is 0 Å². The molecule has 4 atom stereocenters. The van der Waals surface area contributed by atoms with Crippen molar-refractivity contribution in [1.29, 1.82) is 5.26 Å². The Hall–Kier alpha value is -5.99. The lowest BCUT2D eigenvalue weighted by Gasteiger charge is -2.32. The first kappa shape index (κ1) is 51.0. The zero-order chi connectivity index (χ0) is 46.8. The fraction of sp³-hybridized carbons (Fsp3) is 0.440. The highest BCUT2D eigenvalue weighted by molar-refractivity contribution is 7.59. The Morgan fingerprint density at radius 1 is 0.939 bits per heavy atom. The van der Waals surface area contributed by atoms with Crippen molar-refractivity contribution in [3.63, 3.8) is 0 Å². The van der Waals surface area contributed by atoms with E-state index >= 15 is 0 Å². The number of nitrogens with one attached hydrogen (secondary N) is 1. The topological polar surface area (TPSA) is 247 Å². The van der Waals surface area contributed by atoms with E-state index in [9.17, 15) is 29.2 Å². The van der Waals surface area contributed by atoms with Gasteiger partial charge in [-0.15, -0.1) is 0 Å². The van der Waals surface area contributed by atoms with Gasteiger partial charge in [0.05, 0.1) is 23.4 Å². The van der Waals surface area contributed by atoms with Crippen molar-refractivity contribution in [2.24, 2.45) is 29.0 Å². The molecule has 7 N–H and O–H groups in total. The molecule has 0 unspecified atom stereocenters. The third-order valence-corrected chi connectivity index (χ3v) is 12.4. The predicted molar refractivity (Wildman–Crippen MR) is 256 cm³/mol. The predicted octanol–water partition coefficient (Wildman–Crippen LogP) is 5.20. The Balaban J connectivity index is 0.00000817. The van der Waals surface area contributed by atoms with E-state index in [1.807, 2.05) is 24.3 Å². The normalized spacial score (nSPS) is 18.1. The van der Waals surface area contributed by atoms with E-state index < -0.39 is 41.5 Å². The fourth-order valence-corrected chi connectivity index (χ4v) is 8.35. The van der Waals surface area contributed by atoms with Gasteiger partial charge in [-0.3, -0.25) is 24.0 Å². The van der Waals surface area contributed by atoms with E-state index in [1.165, 1.54) is 23.7 Å². The molecule has 1 aliphatic carbocycles. The van der Waals surface area contributed by atoms with Gasteiger partial charge >= 0.3 is 0 Å². The number of nitriles is 1. The van der Waals surface area contributed by atoms with Crippen molar-refractivity contribution >= 4 is 42.7 Å². The molecule has 6 rings (SSSR count). The first-order chi connectivity index (χ1) is 31.2. The Morgan fingerprint density at radius 2 is 1.59 bits per heavy atom. The second-order valence-electron chi connectivity index (χ2n) is 17.4.